The number of aliphatic hydroxyl groups is 1. The van der Waals surface area contributed by atoms with Crippen molar-refractivity contribution in [3.05, 3.63) is 53.6 Å². The van der Waals surface area contributed by atoms with E-state index in [0.29, 0.717) is 17.7 Å². The van der Waals surface area contributed by atoms with Gasteiger partial charge < -0.3 is 25.2 Å². The van der Waals surface area contributed by atoms with Crippen molar-refractivity contribution in [3.63, 3.8) is 0 Å². The third-order valence-electron chi connectivity index (χ3n) is 5.73. The van der Waals surface area contributed by atoms with Crippen molar-refractivity contribution in [2.24, 2.45) is 0 Å². The first kappa shape index (κ1) is 23.0. The van der Waals surface area contributed by atoms with E-state index in [9.17, 15) is 20.4 Å². The monoisotopic (exact) mass is 426 g/mol. The van der Waals surface area contributed by atoms with Gasteiger partial charge >= 0.3 is 0 Å². The molecule has 5 heteroatoms. The van der Waals surface area contributed by atoms with E-state index in [4.69, 9.17) is 4.74 Å². The summed E-state index contributed by atoms with van der Waals surface area (Å²) >= 11 is 0. The van der Waals surface area contributed by atoms with Crippen LogP contribution in [0.4, 0.5) is 0 Å². The molecule has 31 heavy (non-hydrogen) atoms. The highest BCUT2D eigenvalue weighted by Gasteiger charge is 2.17. The molecule has 2 heterocycles. The summed E-state index contributed by atoms with van der Waals surface area (Å²) in [6, 6.07) is 7.84. The number of benzene rings is 2. The first-order valence-corrected chi connectivity index (χ1v) is 11.4. The van der Waals surface area contributed by atoms with Gasteiger partial charge in [0.05, 0.1) is 6.10 Å². The Morgan fingerprint density at radius 3 is 2.06 bits per heavy atom. The highest BCUT2D eigenvalue weighted by Crippen LogP contribution is 2.42. The van der Waals surface area contributed by atoms with Crippen molar-refractivity contribution in [2.75, 3.05) is 0 Å². The summed E-state index contributed by atoms with van der Waals surface area (Å²) in [5.74, 6) is -0.142. The lowest BCUT2D eigenvalue weighted by Gasteiger charge is -2.16. The summed E-state index contributed by atoms with van der Waals surface area (Å²) in [4.78, 5) is 0. The van der Waals surface area contributed by atoms with Crippen molar-refractivity contribution in [3.8, 4) is 28.7 Å². The smallest absolute Gasteiger partial charge is 0.210 e. The molecule has 4 bridgehead atoms. The van der Waals surface area contributed by atoms with Crippen LogP contribution >= 0.6 is 0 Å². The number of hydrogen-bond donors (Lipinski definition) is 4. The maximum absolute atomic E-state index is 10.5. The fourth-order valence-electron chi connectivity index (χ4n) is 4.01. The van der Waals surface area contributed by atoms with Gasteiger partial charge in [0.25, 0.3) is 0 Å². The van der Waals surface area contributed by atoms with Gasteiger partial charge in [-0.05, 0) is 80.3 Å². The number of hydrogen-bond acceptors (Lipinski definition) is 5. The molecule has 0 saturated carbocycles. The van der Waals surface area contributed by atoms with Gasteiger partial charge in [-0.3, -0.25) is 0 Å². The van der Waals surface area contributed by atoms with Gasteiger partial charge in [-0.15, -0.1) is 0 Å². The van der Waals surface area contributed by atoms with E-state index in [1.165, 1.54) is 18.2 Å². The maximum atomic E-state index is 10.5. The van der Waals surface area contributed by atoms with E-state index in [1.807, 2.05) is 6.07 Å². The third kappa shape index (κ3) is 7.21. The van der Waals surface area contributed by atoms with E-state index in [2.05, 4.69) is 12.2 Å². The van der Waals surface area contributed by atoms with Crippen molar-refractivity contribution in [1.82, 2.24) is 0 Å². The van der Waals surface area contributed by atoms with Gasteiger partial charge in [0.2, 0.25) is 5.75 Å². The zero-order chi connectivity index (χ0) is 22.1. The van der Waals surface area contributed by atoms with Crippen LogP contribution in [0.15, 0.2) is 42.5 Å². The second-order valence-electron chi connectivity index (χ2n) is 8.40. The van der Waals surface area contributed by atoms with Crippen LogP contribution in [0, 0.1) is 0 Å². The van der Waals surface area contributed by atoms with E-state index in [-0.39, 0.29) is 23.0 Å². The molecule has 4 rings (SSSR count). The van der Waals surface area contributed by atoms with Gasteiger partial charge in [0.1, 0.15) is 11.5 Å². The van der Waals surface area contributed by atoms with Gasteiger partial charge in [-0.1, -0.05) is 37.8 Å². The summed E-state index contributed by atoms with van der Waals surface area (Å²) in [6.45, 7) is 0. The summed E-state index contributed by atoms with van der Waals surface area (Å²) in [6.07, 6.45) is 14.9. The number of phenols is 3. The molecule has 0 spiro atoms. The van der Waals surface area contributed by atoms with Crippen LogP contribution in [0.3, 0.4) is 0 Å². The molecule has 1 unspecified atom stereocenters. The summed E-state index contributed by atoms with van der Waals surface area (Å²) in [5, 5.41) is 41.3. The second-order valence-corrected chi connectivity index (χ2v) is 8.40. The SMILES string of the molecule is Oc1cc2cc(c1)Oc1c(O)cc(cc1O)C(O)CCCCCC/C=C/CCCCC2. The average molecular weight is 427 g/mol. The predicted octanol–water partition coefficient (Wildman–Crippen LogP) is 6.64. The van der Waals surface area contributed by atoms with E-state index in [0.717, 1.165) is 69.8 Å². The van der Waals surface area contributed by atoms with Gasteiger partial charge in [0, 0.05) is 6.07 Å². The van der Waals surface area contributed by atoms with Crippen LogP contribution in [-0.2, 0) is 6.42 Å². The van der Waals surface area contributed by atoms with Crippen molar-refractivity contribution < 1.29 is 25.2 Å². The molecule has 0 radical (unpaired) electrons. The number of aliphatic hydroxyl groups excluding tert-OH is 1. The van der Waals surface area contributed by atoms with Crippen molar-refractivity contribution >= 4 is 0 Å². The summed E-state index contributed by atoms with van der Waals surface area (Å²) in [7, 11) is 0. The predicted molar refractivity (Wildman–Crippen MR) is 122 cm³/mol. The van der Waals surface area contributed by atoms with E-state index < -0.39 is 6.10 Å². The Kier molecular flexibility index (Phi) is 8.65. The molecule has 2 aliphatic heterocycles. The van der Waals surface area contributed by atoms with Gasteiger partial charge in [-0.25, -0.2) is 0 Å². The Morgan fingerprint density at radius 2 is 1.35 bits per heavy atom. The highest BCUT2D eigenvalue weighted by molar-refractivity contribution is 5.55. The lowest BCUT2D eigenvalue weighted by molar-refractivity contribution is 0.162. The van der Waals surface area contributed by atoms with E-state index >= 15 is 0 Å². The number of rotatable bonds is 0. The molecule has 2 aromatic carbocycles. The van der Waals surface area contributed by atoms with Gasteiger partial charge in [0.15, 0.2) is 11.5 Å². The van der Waals surface area contributed by atoms with E-state index in [1.54, 1.807) is 6.07 Å². The van der Waals surface area contributed by atoms with Crippen LogP contribution < -0.4 is 4.74 Å². The zero-order valence-corrected chi connectivity index (χ0v) is 18.1. The molecule has 0 aromatic heterocycles. The zero-order valence-electron chi connectivity index (χ0n) is 18.1. The Hall–Kier alpha value is -2.66. The second kappa shape index (κ2) is 11.7. The quantitative estimate of drug-likeness (QED) is 0.354. The first-order valence-electron chi connectivity index (χ1n) is 11.4. The minimum atomic E-state index is -0.754. The number of phenolic OH excluding ortho intramolecular Hbond substituents is 3. The molecule has 2 aliphatic rings. The first-order chi connectivity index (χ1) is 15.0. The standard InChI is InChI=1S/C26H34O5/c27-21-14-19-12-10-8-6-4-2-1-3-5-7-9-11-13-23(28)20-16-24(29)26(25(30)17-20)31-22(15-19)18-21/h1-2,14-18,23,27-30H,3-13H2/b2-1+. The molecule has 0 saturated heterocycles. The molecule has 0 fully saturated rings. The number of allylic oxidation sites excluding steroid dienone is 2. The highest BCUT2D eigenvalue weighted by atomic mass is 16.5. The van der Waals surface area contributed by atoms with Crippen LogP contribution in [-0.4, -0.2) is 20.4 Å². The molecule has 168 valence electrons. The summed E-state index contributed by atoms with van der Waals surface area (Å²) in [5.41, 5.74) is 1.41. The maximum Gasteiger partial charge on any atom is 0.210 e. The summed E-state index contributed by atoms with van der Waals surface area (Å²) < 4.78 is 5.71. The number of fused-ring (bicyclic) bond motifs is 14. The average Bonchev–Trinajstić information content (AvgIpc) is 2.72. The molecular formula is C26H34O5. The molecule has 2 aromatic rings. The van der Waals surface area contributed by atoms with Crippen LogP contribution in [0.5, 0.6) is 28.7 Å². The lowest BCUT2D eigenvalue weighted by atomic mass is 10.0. The molecule has 1 atom stereocenters. The number of aromatic hydroxyl groups is 3. The molecular weight excluding hydrogens is 392 g/mol. The van der Waals surface area contributed by atoms with Crippen LogP contribution in [0.25, 0.3) is 0 Å². The normalized spacial score (nSPS) is 20.2. The van der Waals surface area contributed by atoms with Crippen molar-refractivity contribution in [1.29, 1.82) is 0 Å². The molecule has 0 aliphatic carbocycles. The Labute approximate surface area is 184 Å². The van der Waals surface area contributed by atoms with Crippen LogP contribution in [0.1, 0.15) is 81.4 Å². The third-order valence-corrected chi connectivity index (χ3v) is 5.73. The molecule has 0 amide bonds. The lowest BCUT2D eigenvalue weighted by Crippen LogP contribution is -1.98. The topological polar surface area (TPSA) is 90.2 Å². The Morgan fingerprint density at radius 1 is 0.710 bits per heavy atom. The Bertz CT molecular complexity index is 851. The fraction of sp³-hybridized carbons (Fsp3) is 0.462. The van der Waals surface area contributed by atoms with Crippen LogP contribution in [0.2, 0.25) is 0 Å². The number of aryl methyl sites for hydroxylation is 1. The minimum absolute atomic E-state index is 0.0795. The molecule has 5 nitrogen and oxygen atoms in total. The van der Waals surface area contributed by atoms with Gasteiger partial charge in [-0.2, -0.15) is 0 Å². The number of ether oxygens (including phenoxy) is 1. The Balaban J connectivity index is 1.79. The van der Waals surface area contributed by atoms with Crippen molar-refractivity contribution in [2.45, 2.75) is 76.7 Å². The largest absolute Gasteiger partial charge is 0.508 e. The minimum Gasteiger partial charge on any atom is -0.508 e. The molecule has 4 N–H and O–H groups in total. The fourth-order valence-corrected chi connectivity index (χ4v) is 4.01.